The average molecular weight is 448 g/mol. The number of carbonyl (C=O) groups excluding carboxylic acids is 3. The van der Waals surface area contributed by atoms with E-state index >= 15 is 0 Å². The van der Waals surface area contributed by atoms with E-state index in [1.807, 2.05) is 4.90 Å². The van der Waals surface area contributed by atoms with Gasteiger partial charge < -0.3 is 19.5 Å². The van der Waals surface area contributed by atoms with Crippen molar-refractivity contribution in [2.24, 2.45) is 0 Å². The number of amides is 3. The van der Waals surface area contributed by atoms with Crippen LogP contribution in [-0.4, -0.2) is 83.0 Å². The van der Waals surface area contributed by atoms with Crippen molar-refractivity contribution in [2.45, 2.75) is 6.23 Å². The van der Waals surface area contributed by atoms with Gasteiger partial charge in [-0.25, -0.2) is 14.2 Å². The lowest BCUT2D eigenvalue weighted by atomic mass is 10.2. The van der Waals surface area contributed by atoms with Crippen LogP contribution in [0.3, 0.4) is 0 Å². The molecule has 2 aromatic rings. The predicted molar refractivity (Wildman–Crippen MR) is 113 cm³/mol. The second-order valence-corrected chi connectivity index (χ2v) is 7.61. The molecule has 4 rings (SSSR count). The normalized spacial score (nSPS) is 18.9. The first-order valence-electron chi connectivity index (χ1n) is 9.61. The lowest BCUT2D eigenvalue weighted by molar-refractivity contribution is 0.0669. The third-order valence-electron chi connectivity index (χ3n) is 5.41. The summed E-state index contributed by atoms with van der Waals surface area (Å²) in [5.41, 5.74) is 1.15. The van der Waals surface area contributed by atoms with E-state index in [0.29, 0.717) is 43.2 Å². The quantitative estimate of drug-likeness (QED) is 0.692. The number of halogens is 1. The Morgan fingerprint density at radius 2 is 2.03 bits per heavy atom. The standard InChI is InChI=1S/C19H21FN6O4S/c1-23(19(29)31)16-10-26(18(28)30-16)12-2-3-15(13(20)8-12)24-4-6-25(7-5-24)17(27)14-9-21-11-22-14/h2-3,8-9,11,16H,4-7,10H2,1H3,(H,21,22)(H,29,31). The molecule has 1 unspecified atom stereocenters. The topological polar surface area (TPSA) is 102 Å². The van der Waals surface area contributed by atoms with Crippen LogP contribution in [0.1, 0.15) is 10.5 Å². The number of hydrogen-bond donors (Lipinski definition) is 2. The van der Waals surface area contributed by atoms with Gasteiger partial charge in [0.15, 0.2) is 6.23 Å². The van der Waals surface area contributed by atoms with Crippen molar-refractivity contribution in [3.8, 4) is 0 Å². The molecule has 10 nitrogen and oxygen atoms in total. The average Bonchev–Trinajstić information content (AvgIpc) is 3.43. The van der Waals surface area contributed by atoms with E-state index in [4.69, 9.17) is 4.74 Å². The summed E-state index contributed by atoms with van der Waals surface area (Å²) < 4.78 is 20.1. The summed E-state index contributed by atoms with van der Waals surface area (Å²) in [5.74, 6) is -0.625. The molecule has 1 aromatic heterocycles. The Labute approximate surface area is 183 Å². The Morgan fingerprint density at radius 1 is 1.29 bits per heavy atom. The summed E-state index contributed by atoms with van der Waals surface area (Å²) in [5, 5.41) is -0.536. The molecule has 0 spiro atoms. The number of nitrogens with one attached hydrogen (secondary N) is 1. The summed E-state index contributed by atoms with van der Waals surface area (Å²) in [6.07, 6.45) is 1.48. The number of imidazole rings is 1. The first-order chi connectivity index (χ1) is 14.8. The van der Waals surface area contributed by atoms with Crippen LogP contribution in [0.5, 0.6) is 0 Å². The van der Waals surface area contributed by atoms with Gasteiger partial charge in [0.05, 0.1) is 30.4 Å². The van der Waals surface area contributed by atoms with Gasteiger partial charge in [-0.1, -0.05) is 12.6 Å². The molecular weight excluding hydrogens is 427 g/mol. The van der Waals surface area contributed by atoms with Gasteiger partial charge >= 0.3 is 6.09 Å². The van der Waals surface area contributed by atoms with Crippen molar-refractivity contribution in [3.05, 3.63) is 42.2 Å². The number of likely N-dealkylation sites (N-methyl/N-ethyl adjacent to an activating group) is 1. The Morgan fingerprint density at radius 3 is 2.65 bits per heavy atom. The molecule has 12 heteroatoms. The largest absolute Gasteiger partial charge is 0.423 e. The summed E-state index contributed by atoms with van der Waals surface area (Å²) in [4.78, 5) is 48.6. The maximum absolute atomic E-state index is 14.9. The third kappa shape index (κ3) is 4.15. The number of thiol groups is 1. The first-order valence-corrected chi connectivity index (χ1v) is 10.1. The highest BCUT2D eigenvalue weighted by atomic mass is 32.1. The molecular formula is C19H21FN6O4S. The minimum atomic E-state index is -0.791. The zero-order valence-corrected chi connectivity index (χ0v) is 17.6. The van der Waals surface area contributed by atoms with E-state index in [2.05, 4.69) is 22.6 Å². The van der Waals surface area contributed by atoms with E-state index in [1.54, 1.807) is 17.0 Å². The van der Waals surface area contributed by atoms with Crippen molar-refractivity contribution in [1.82, 2.24) is 19.8 Å². The fourth-order valence-corrected chi connectivity index (χ4v) is 3.73. The number of aromatic amines is 1. The molecule has 0 aliphatic carbocycles. The maximum Gasteiger partial charge on any atom is 0.416 e. The zero-order valence-electron chi connectivity index (χ0n) is 16.7. The first kappa shape index (κ1) is 21.0. The molecule has 31 heavy (non-hydrogen) atoms. The van der Waals surface area contributed by atoms with Crippen LogP contribution in [0.25, 0.3) is 0 Å². The van der Waals surface area contributed by atoms with E-state index in [9.17, 15) is 18.8 Å². The van der Waals surface area contributed by atoms with Crippen molar-refractivity contribution in [3.63, 3.8) is 0 Å². The molecule has 0 saturated carbocycles. The maximum atomic E-state index is 14.9. The minimum absolute atomic E-state index is 0.0782. The number of benzene rings is 1. The second-order valence-electron chi connectivity index (χ2n) is 7.22. The molecule has 3 amide bonds. The zero-order chi connectivity index (χ0) is 22.1. The van der Waals surface area contributed by atoms with Gasteiger partial charge in [-0.2, -0.15) is 0 Å². The van der Waals surface area contributed by atoms with Crippen molar-refractivity contribution >= 4 is 41.2 Å². The highest BCUT2D eigenvalue weighted by molar-refractivity contribution is 7.96. The SMILES string of the molecule is CN(C(=O)S)C1CN(c2ccc(N3CCN(C(=O)c4cnc[nH]4)CC3)c(F)c2)C(=O)O1. The Kier molecular flexibility index (Phi) is 5.72. The predicted octanol–water partition coefficient (Wildman–Crippen LogP) is 1.78. The highest BCUT2D eigenvalue weighted by Crippen LogP contribution is 2.29. The summed E-state index contributed by atoms with van der Waals surface area (Å²) in [6, 6.07) is 4.50. The van der Waals surface area contributed by atoms with E-state index in [1.165, 1.54) is 35.4 Å². The van der Waals surface area contributed by atoms with Gasteiger partial charge in [0.1, 0.15) is 11.5 Å². The molecule has 1 aromatic carbocycles. The number of nitrogens with zero attached hydrogens (tertiary/aromatic N) is 5. The number of hydrogen-bond acceptors (Lipinski definition) is 6. The van der Waals surface area contributed by atoms with Crippen molar-refractivity contribution in [1.29, 1.82) is 0 Å². The monoisotopic (exact) mass is 448 g/mol. The lowest BCUT2D eigenvalue weighted by Gasteiger charge is -2.36. The van der Waals surface area contributed by atoms with E-state index in [0.717, 1.165) is 0 Å². The number of piperazine rings is 1. The second kappa shape index (κ2) is 8.46. The number of anilines is 2. The van der Waals surface area contributed by atoms with Crippen molar-refractivity contribution in [2.75, 3.05) is 49.6 Å². The van der Waals surface area contributed by atoms with Crippen LogP contribution in [0, 0.1) is 5.82 Å². The number of rotatable bonds is 4. The molecule has 2 aliphatic rings. The highest BCUT2D eigenvalue weighted by Gasteiger charge is 2.36. The van der Waals surface area contributed by atoms with Crippen LogP contribution in [0.4, 0.5) is 25.4 Å². The molecule has 3 heterocycles. The fourth-order valence-electron chi connectivity index (χ4n) is 3.60. The van der Waals surface area contributed by atoms with Gasteiger partial charge in [0.2, 0.25) is 0 Å². The molecule has 2 saturated heterocycles. The van der Waals surface area contributed by atoms with Gasteiger partial charge in [0, 0.05) is 33.2 Å². The van der Waals surface area contributed by atoms with Gasteiger partial charge in [-0.3, -0.25) is 19.4 Å². The molecule has 0 bridgehead atoms. The van der Waals surface area contributed by atoms with Crippen molar-refractivity contribution < 1.29 is 23.5 Å². The molecule has 1 N–H and O–H groups in total. The fraction of sp³-hybridized carbons (Fsp3) is 0.368. The summed E-state index contributed by atoms with van der Waals surface area (Å²) >= 11 is 3.72. The molecule has 0 radical (unpaired) electrons. The van der Waals surface area contributed by atoms with Crippen LogP contribution in [0.2, 0.25) is 0 Å². The summed E-state index contributed by atoms with van der Waals surface area (Å²) in [7, 11) is 1.47. The number of H-pyrrole nitrogens is 1. The third-order valence-corrected chi connectivity index (χ3v) is 5.72. The molecule has 2 fully saturated rings. The number of aromatic nitrogens is 2. The Balaban J connectivity index is 1.41. The molecule has 1 atom stereocenters. The van der Waals surface area contributed by atoms with E-state index in [-0.39, 0.29) is 12.5 Å². The number of carbonyl (C=O) groups is 3. The van der Waals surface area contributed by atoms with Gasteiger partial charge in [0.25, 0.3) is 11.1 Å². The Hall–Kier alpha value is -3.28. The van der Waals surface area contributed by atoms with Crippen LogP contribution in [0.15, 0.2) is 30.7 Å². The minimum Gasteiger partial charge on any atom is -0.423 e. The number of cyclic esters (lactones) is 1. The van der Waals surface area contributed by atoms with Crippen LogP contribution in [-0.2, 0) is 4.74 Å². The van der Waals surface area contributed by atoms with Gasteiger partial charge in [-0.15, -0.1) is 0 Å². The smallest absolute Gasteiger partial charge is 0.416 e. The van der Waals surface area contributed by atoms with E-state index < -0.39 is 23.4 Å². The molecule has 164 valence electrons. The Bertz CT molecular complexity index is 995. The summed E-state index contributed by atoms with van der Waals surface area (Å²) in [6.45, 7) is 1.92. The lowest BCUT2D eigenvalue weighted by Crippen LogP contribution is -2.49. The van der Waals surface area contributed by atoms with Gasteiger partial charge in [-0.05, 0) is 18.2 Å². The number of ether oxygens (including phenoxy) is 1. The van der Waals surface area contributed by atoms with Crippen LogP contribution < -0.4 is 9.80 Å². The molecule has 2 aliphatic heterocycles. The van der Waals surface area contributed by atoms with Crippen LogP contribution >= 0.6 is 12.6 Å².